The van der Waals surface area contributed by atoms with Crippen LogP contribution >= 0.6 is 11.6 Å². The van der Waals surface area contributed by atoms with Crippen molar-refractivity contribution in [1.29, 1.82) is 0 Å². The molecule has 0 aliphatic heterocycles. The lowest BCUT2D eigenvalue weighted by molar-refractivity contribution is -0.168. The highest BCUT2D eigenvalue weighted by molar-refractivity contribution is 6.30. The Balaban J connectivity index is 2.96. The molecule has 0 aliphatic carbocycles. The largest absolute Gasteiger partial charge is 0.460 e. The summed E-state index contributed by atoms with van der Waals surface area (Å²) < 4.78 is 5.31. The first kappa shape index (κ1) is 16.0. The Labute approximate surface area is 119 Å². The first-order valence-electron chi connectivity index (χ1n) is 6.25. The summed E-state index contributed by atoms with van der Waals surface area (Å²) in [5.41, 5.74) is -1.30. The molecule has 1 rings (SSSR count). The maximum Gasteiger partial charge on any atom is 0.312 e. The van der Waals surface area contributed by atoms with E-state index in [1.807, 2.05) is 0 Å². The van der Waals surface area contributed by atoms with E-state index in [2.05, 4.69) is 0 Å². The molecule has 1 aromatic carbocycles. The van der Waals surface area contributed by atoms with E-state index in [9.17, 15) is 9.90 Å². The van der Waals surface area contributed by atoms with Crippen molar-refractivity contribution < 1.29 is 14.6 Å². The van der Waals surface area contributed by atoms with E-state index >= 15 is 0 Å². The third kappa shape index (κ3) is 4.22. The van der Waals surface area contributed by atoms with Gasteiger partial charge in [-0.15, -0.1) is 0 Å². The molecule has 0 spiro atoms. The third-order valence-electron chi connectivity index (χ3n) is 3.01. The molecule has 4 heteroatoms. The minimum atomic E-state index is -1.33. The average molecular weight is 285 g/mol. The molecule has 0 heterocycles. The van der Waals surface area contributed by atoms with Crippen LogP contribution in [0.25, 0.3) is 0 Å². The van der Waals surface area contributed by atoms with Crippen molar-refractivity contribution in [2.24, 2.45) is 5.92 Å². The number of benzene rings is 1. The molecule has 0 saturated carbocycles. The van der Waals surface area contributed by atoms with Crippen molar-refractivity contribution in [3.63, 3.8) is 0 Å². The van der Waals surface area contributed by atoms with E-state index in [1.54, 1.807) is 58.9 Å². The molecule has 1 N–H and O–H groups in total. The van der Waals surface area contributed by atoms with Crippen LogP contribution in [0, 0.1) is 5.92 Å². The highest BCUT2D eigenvalue weighted by Crippen LogP contribution is 2.32. The minimum Gasteiger partial charge on any atom is -0.460 e. The van der Waals surface area contributed by atoms with Gasteiger partial charge in [0.25, 0.3) is 0 Å². The highest BCUT2D eigenvalue weighted by atomic mass is 35.5. The van der Waals surface area contributed by atoms with Crippen LogP contribution in [-0.2, 0) is 15.1 Å². The summed E-state index contributed by atoms with van der Waals surface area (Å²) in [5, 5.41) is 11.1. The molecule has 2 unspecified atom stereocenters. The molecule has 0 radical (unpaired) electrons. The topological polar surface area (TPSA) is 46.5 Å². The van der Waals surface area contributed by atoms with Crippen molar-refractivity contribution >= 4 is 17.6 Å². The van der Waals surface area contributed by atoms with Crippen LogP contribution in [-0.4, -0.2) is 16.7 Å². The van der Waals surface area contributed by atoms with Crippen LogP contribution in [0.4, 0.5) is 0 Å². The summed E-state index contributed by atoms with van der Waals surface area (Å²) in [6, 6.07) is 6.86. The summed E-state index contributed by atoms with van der Waals surface area (Å²) in [4.78, 5) is 12.0. The molecule has 106 valence electrons. The third-order valence-corrected chi connectivity index (χ3v) is 3.25. The maximum atomic E-state index is 12.0. The average Bonchev–Trinajstić information content (AvgIpc) is 2.25. The number of ether oxygens (including phenoxy) is 1. The molecule has 3 nitrogen and oxygen atoms in total. The number of hydrogen-bond acceptors (Lipinski definition) is 3. The zero-order valence-corrected chi connectivity index (χ0v) is 12.8. The summed E-state index contributed by atoms with van der Waals surface area (Å²) in [5.74, 6) is -1.12. The Morgan fingerprint density at radius 2 is 1.89 bits per heavy atom. The Morgan fingerprint density at radius 3 is 2.37 bits per heavy atom. The second-order valence-electron chi connectivity index (χ2n) is 5.91. The summed E-state index contributed by atoms with van der Waals surface area (Å²) in [7, 11) is 0. The van der Waals surface area contributed by atoms with Gasteiger partial charge in [0.1, 0.15) is 5.60 Å². The molecule has 2 atom stereocenters. The van der Waals surface area contributed by atoms with Gasteiger partial charge in [0.15, 0.2) is 0 Å². The van der Waals surface area contributed by atoms with Crippen molar-refractivity contribution in [1.82, 2.24) is 0 Å². The Bertz CT molecular complexity index is 461. The van der Waals surface area contributed by atoms with Gasteiger partial charge in [-0.05, 0) is 52.3 Å². The van der Waals surface area contributed by atoms with Crippen LogP contribution in [0.2, 0.25) is 5.02 Å². The molecule has 0 saturated heterocycles. The molecule has 0 aliphatic rings. The van der Waals surface area contributed by atoms with Gasteiger partial charge in [-0.2, -0.15) is 0 Å². The number of hydrogen-bond donors (Lipinski definition) is 1. The fraction of sp³-hybridized carbons (Fsp3) is 0.533. The monoisotopic (exact) mass is 284 g/mol. The Morgan fingerprint density at radius 1 is 1.32 bits per heavy atom. The van der Waals surface area contributed by atoms with Crippen molar-refractivity contribution in [2.75, 3.05) is 0 Å². The number of halogens is 1. The molecule has 0 fully saturated rings. The van der Waals surface area contributed by atoms with Gasteiger partial charge in [-0.25, -0.2) is 0 Å². The minimum absolute atomic E-state index is 0.433. The Hall–Kier alpha value is -1.06. The van der Waals surface area contributed by atoms with E-state index in [-0.39, 0.29) is 0 Å². The number of carbonyl (C=O) groups is 1. The molecular formula is C15H21ClO3. The normalized spacial score (nSPS) is 16.6. The first-order chi connectivity index (χ1) is 8.54. The fourth-order valence-electron chi connectivity index (χ4n) is 1.67. The predicted octanol–water partition coefficient (Wildman–Crippen LogP) is 3.53. The predicted molar refractivity (Wildman–Crippen MR) is 76.0 cm³/mol. The van der Waals surface area contributed by atoms with Crippen LogP contribution < -0.4 is 0 Å². The van der Waals surface area contributed by atoms with Gasteiger partial charge >= 0.3 is 5.97 Å². The van der Waals surface area contributed by atoms with E-state index in [1.165, 1.54) is 0 Å². The quantitative estimate of drug-likeness (QED) is 0.864. The van der Waals surface area contributed by atoms with E-state index in [4.69, 9.17) is 16.3 Å². The molecule has 0 aromatic heterocycles. The number of carbonyl (C=O) groups excluding carboxylic acids is 1. The lowest BCUT2D eigenvalue weighted by Gasteiger charge is -2.31. The molecule has 19 heavy (non-hydrogen) atoms. The fourth-order valence-corrected chi connectivity index (χ4v) is 1.86. The number of aliphatic hydroxyl groups is 1. The SMILES string of the molecule is CC(C(=O)OC(C)(C)C)C(C)(O)c1cccc(Cl)c1. The molecule has 0 bridgehead atoms. The molecule has 1 aromatic rings. The lowest BCUT2D eigenvalue weighted by atomic mass is 9.84. The smallest absolute Gasteiger partial charge is 0.312 e. The van der Waals surface area contributed by atoms with Gasteiger partial charge in [-0.1, -0.05) is 23.7 Å². The van der Waals surface area contributed by atoms with Crippen LogP contribution in [0.15, 0.2) is 24.3 Å². The van der Waals surface area contributed by atoms with Crippen LogP contribution in [0.3, 0.4) is 0 Å². The zero-order valence-electron chi connectivity index (χ0n) is 12.0. The standard InChI is InChI=1S/C15H21ClO3/c1-10(13(17)19-14(2,3)4)15(5,18)11-7-6-8-12(16)9-11/h6-10,18H,1-5H3. The zero-order chi connectivity index (χ0) is 14.8. The van der Waals surface area contributed by atoms with Crippen molar-refractivity contribution in [3.05, 3.63) is 34.9 Å². The molecule has 0 amide bonds. The summed E-state index contributed by atoms with van der Waals surface area (Å²) in [6.45, 7) is 8.63. The highest BCUT2D eigenvalue weighted by Gasteiger charge is 2.38. The summed E-state index contributed by atoms with van der Waals surface area (Å²) >= 11 is 5.91. The van der Waals surface area contributed by atoms with E-state index in [0.717, 1.165) is 0 Å². The number of esters is 1. The van der Waals surface area contributed by atoms with Crippen LogP contribution in [0.1, 0.15) is 40.2 Å². The molecular weight excluding hydrogens is 264 g/mol. The van der Waals surface area contributed by atoms with E-state index < -0.39 is 23.1 Å². The van der Waals surface area contributed by atoms with Gasteiger partial charge in [0.05, 0.1) is 11.5 Å². The second kappa shape index (κ2) is 5.51. The van der Waals surface area contributed by atoms with Gasteiger partial charge in [0, 0.05) is 5.02 Å². The van der Waals surface area contributed by atoms with Crippen molar-refractivity contribution in [2.45, 2.75) is 45.8 Å². The van der Waals surface area contributed by atoms with Gasteiger partial charge in [0.2, 0.25) is 0 Å². The van der Waals surface area contributed by atoms with Gasteiger partial charge in [-0.3, -0.25) is 4.79 Å². The first-order valence-corrected chi connectivity index (χ1v) is 6.63. The lowest BCUT2D eigenvalue weighted by Crippen LogP contribution is -2.39. The summed E-state index contributed by atoms with van der Waals surface area (Å²) in [6.07, 6.45) is 0. The van der Waals surface area contributed by atoms with Gasteiger partial charge < -0.3 is 9.84 Å². The van der Waals surface area contributed by atoms with Crippen LogP contribution in [0.5, 0.6) is 0 Å². The van der Waals surface area contributed by atoms with Crippen molar-refractivity contribution in [3.8, 4) is 0 Å². The maximum absolute atomic E-state index is 12.0. The number of rotatable bonds is 3. The Kier molecular flexibility index (Phi) is 4.64. The van der Waals surface area contributed by atoms with E-state index in [0.29, 0.717) is 10.6 Å². The second-order valence-corrected chi connectivity index (χ2v) is 6.35.